The first-order chi connectivity index (χ1) is 3.85. The van der Waals surface area contributed by atoms with Gasteiger partial charge in [-0.15, -0.1) is 0 Å². The molecule has 0 fully saturated rings. The Kier molecular flexibility index (Phi) is 3.82. The van der Waals surface area contributed by atoms with Crippen molar-refractivity contribution in [3.8, 4) is 0 Å². The van der Waals surface area contributed by atoms with Gasteiger partial charge >= 0.3 is 21.2 Å². The first-order valence-electron chi connectivity index (χ1n) is 1.60. The summed E-state index contributed by atoms with van der Waals surface area (Å²) in [5.74, 6) is -2.20. The van der Waals surface area contributed by atoms with Gasteiger partial charge in [0.15, 0.2) is 0 Å². The topological polar surface area (TPSA) is 140 Å². The maximum absolute atomic E-state index is 9.73. The van der Waals surface area contributed by atoms with E-state index >= 15 is 0 Å². The predicted octanol–water partition coefficient (Wildman–Crippen LogP) is -2.34. The van der Waals surface area contributed by atoms with Crippen molar-refractivity contribution >= 4 is 21.2 Å². The Balaban J connectivity index is 0. The molecule has 0 saturated heterocycles. The highest BCUT2D eigenvalue weighted by molar-refractivity contribution is 8.03. The third-order valence-corrected chi connectivity index (χ3v) is 1.05. The summed E-state index contributed by atoms with van der Waals surface area (Å²) in [6.07, 6.45) is 0. The fourth-order valence-electron chi connectivity index (χ4n) is 0.110. The van der Waals surface area contributed by atoms with Crippen LogP contribution in [0, 0.1) is 0 Å². The normalized spacial score (nSPS) is 9.70. The van der Waals surface area contributed by atoms with Gasteiger partial charge in [0.2, 0.25) is 0 Å². The van der Waals surface area contributed by atoms with Gasteiger partial charge in [0.05, 0.1) is 0 Å². The lowest BCUT2D eigenvalue weighted by Crippen LogP contribution is -2.22. The van der Waals surface area contributed by atoms with Crippen molar-refractivity contribution in [2.75, 3.05) is 0 Å². The zero-order chi connectivity index (χ0) is 7.65. The number of carboxylic acids is 1. The molecule has 0 heterocycles. The van der Waals surface area contributed by atoms with E-state index < -0.39 is 21.2 Å². The number of hydrogen-bond donors (Lipinski definition) is 2. The number of aliphatic carboxylic acids is 1. The van der Waals surface area contributed by atoms with Crippen molar-refractivity contribution in [2.24, 2.45) is 0 Å². The van der Waals surface area contributed by atoms with E-state index in [4.69, 9.17) is 9.66 Å². The minimum Gasteiger partial charge on any atom is -0.475 e. The number of carbonyl (C=O) groups excluding carboxylic acids is 1. The molecule has 0 aromatic heterocycles. The van der Waals surface area contributed by atoms with Gasteiger partial charge < -0.3 is 10.6 Å². The minimum atomic E-state index is -5.04. The Morgan fingerprint density at radius 1 is 1.20 bits per heavy atom. The quantitative estimate of drug-likeness (QED) is 0.310. The molecular weight excluding hydrogens is 168 g/mol. The monoisotopic (exact) mass is 172 g/mol. The van der Waals surface area contributed by atoms with Crippen LogP contribution >= 0.6 is 0 Å². The maximum Gasteiger partial charge on any atom is 0.391 e. The molecule has 0 aromatic rings. The van der Waals surface area contributed by atoms with Crippen molar-refractivity contribution in [1.29, 1.82) is 0 Å². The maximum atomic E-state index is 9.73. The molecule has 0 bridgehead atoms. The van der Waals surface area contributed by atoms with Crippen LogP contribution in [0.2, 0.25) is 0 Å². The Bertz CT molecular complexity index is 234. The van der Waals surface area contributed by atoms with Gasteiger partial charge in [0.1, 0.15) is 0 Å². The van der Waals surface area contributed by atoms with E-state index in [-0.39, 0.29) is 5.48 Å². The van der Waals surface area contributed by atoms with Crippen molar-refractivity contribution in [1.82, 2.24) is 0 Å². The highest BCUT2D eigenvalue weighted by Crippen LogP contribution is 1.83. The molecule has 0 atom stereocenters. The van der Waals surface area contributed by atoms with Gasteiger partial charge in [0, 0.05) is 0 Å². The highest BCUT2D eigenvalue weighted by atomic mass is 32.2. The number of rotatable bonds is 0. The number of carbonyl (C=O) groups is 2. The van der Waals surface area contributed by atoms with E-state index in [2.05, 4.69) is 0 Å². The zero-order valence-electron chi connectivity index (χ0n) is 4.44. The number of carboxylic acid groups (broad SMARTS) is 1. The van der Waals surface area contributed by atoms with Crippen LogP contribution in [-0.4, -0.2) is 34.6 Å². The van der Waals surface area contributed by atoms with Gasteiger partial charge in [-0.25, -0.2) is 4.79 Å². The van der Waals surface area contributed by atoms with Crippen molar-refractivity contribution < 1.29 is 33.1 Å². The third-order valence-electron chi connectivity index (χ3n) is 0.409. The van der Waals surface area contributed by atoms with E-state index in [0.717, 1.165) is 0 Å². The smallest absolute Gasteiger partial charge is 0.391 e. The summed E-state index contributed by atoms with van der Waals surface area (Å²) < 4.78 is 26.9. The first-order valence-corrected chi connectivity index (χ1v) is 3.04. The molecule has 0 aliphatic carbocycles. The molecule has 0 spiro atoms. The van der Waals surface area contributed by atoms with E-state index in [9.17, 15) is 18.0 Å². The Morgan fingerprint density at radius 3 is 1.50 bits per heavy atom. The summed E-state index contributed by atoms with van der Waals surface area (Å²) in [4.78, 5) is 19.2. The van der Waals surface area contributed by atoms with Crippen LogP contribution in [0.15, 0.2) is 0 Å². The molecule has 7 nitrogen and oxygen atoms in total. The minimum absolute atomic E-state index is 0. The highest BCUT2D eigenvalue weighted by Gasteiger charge is 2.26. The third kappa shape index (κ3) is 3.12. The van der Waals surface area contributed by atoms with E-state index in [1.165, 1.54) is 0 Å². The molecule has 8 heteroatoms. The van der Waals surface area contributed by atoms with Crippen molar-refractivity contribution in [3.05, 3.63) is 0 Å². The molecule has 10 heavy (non-hydrogen) atoms. The fraction of sp³-hybridized carbons (Fsp3) is 0. The van der Waals surface area contributed by atoms with Gasteiger partial charge in [-0.1, -0.05) is 0 Å². The fourth-order valence-corrected chi connectivity index (χ4v) is 0.331. The van der Waals surface area contributed by atoms with E-state index in [1.54, 1.807) is 0 Å². The summed E-state index contributed by atoms with van der Waals surface area (Å²) >= 11 is 0. The molecule has 0 radical (unpaired) electrons. The Labute approximate surface area is 55.3 Å². The molecule has 0 unspecified atom stereocenters. The summed E-state index contributed by atoms with van der Waals surface area (Å²) in [5, 5.41) is 5.41. The molecule has 4 N–H and O–H groups in total. The van der Waals surface area contributed by atoms with Gasteiger partial charge in [-0.05, 0) is 0 Å². The standard InChI is InChI=1S/C2H2O6S.H2O/c3-1(4)2(5)9(6,7)8;/h(H,3,4)(H,6,7,8);1H2. The lowest BCUT2D eigenvalue weighted by atomic mass is 10.8. The molecule has 60 valence electrons. The summed E-state index contributed by atoms with van der Waals surface area (Å²) in [5.41, 5.74) is 0. The molecule has 0 aromatic carbocycles. The average molecular weight is 172 g/mol. The van der Waals surface area contributed by atoms with Gasteiger partial charge in [-0.3, -0.25) is 9.35 Å². The molecular formula is C2H4O7S. The van der Waals surface area contributed by atoms with Gasteiger partial charge in [0.25, 0.3) is 0 Å². The Hall–Kier alpha value is -0.990. The van der Waals surface area contributed by atoms with Crippen molar-refractivity contribution in [2.45, 2.75) is 0 Å². The average Bonchev–Trinajstić information content (AvgIpc) is 1.62. The molecule has 0 saturated carbocycles. The summed E-state index contributed by atoms with van der Waals surface area (Å²) in [6, 6.07) is 0. The van der Waals surface area contributed by atoms with Crippen LogP contribution in [0.4, 0.5) is 0 Å². The second kappa shape index (κ2) is 3.25. The second-order valence-corrected chi connectivity index (χ2v) is 2.39. The summed E-state index contributed by atoms with van der Waals surface area (Å²) in [7, 11) is -5.04. The van der Waals surface area contributed by atoms with Crippen LogP contribution in [0.25, 0.3) is 0 Å². The van der Waals surface area contributed by atoms with Crippen LogP contribution in [-0.2, 0) is 19.7 Å². The van der Waals surface area contributed by atoms with Crippen LogP contribution in [0.3, 0.4) is 0 Å². The predicted molar refractivity (Wildman–Crippen MR) is 27.8 cm³/mol. The van der Waals surface area contributed by atoms with E-state index in [0.29, 0.717) is 0 Å². The second-order valence-electron chi connectivity index (χ2n) is 1.07. The van der Waals surface area contributed by atoms with Crippen molar-refractivity contribution in [3.63, 3.8) is 0 Å². The van der Waals surface area contributed by atoms with Gasteiger partial charge in [-0.2, -0.15) is 8.42 Å². The lowest BCUT2D eigenvalue weighted by molar-refractivity contribution is -0.145. The Morgan fingerprint density at radius 2 is 1.50 bits per heavy atom. The first kappa shape index (κ1) is 11.8. The molecule has 0 amide bonds. The van der Waals surface area contributed by atoms with E-state index in [1.807, 2.05) is 0 Å². The molecule has 0 aliphatic rings. The molecule has 0 aliphatic heterocycles. The SMILES string of the molecule is O.O=C(O)C(=O)S(=O)(=O)O. The van der Waals surface area contributed by atoms with Crippen LogP contribution in [0.5, 0.6) is 0 Å². The van der Waals surface area contributed by atoms with Crippen LogP contribution < -0.4 is 0 Å². The summed E-state index contributed by atoms with van der Waals surface area (Å²) in [6.45, 7) is 0. The zero-order valence-corrected chi connectivity index (χ0v) is 5.25. The van der Waals surface area contributed by atoms with Crippen LogP contribution in [0.1, 0.15) is 0 Å². The number of hydrogen-bond acceptors (Lipinski definition) is 4. The largest absolute Gasteiger partial charge is 0.475 e. The lowest BCUT2D eigenvalue weighted by Gasteiger charge is -1.84. The molecule has 0 rings (SSSR count).